The predicted molar refractivity (Wildman–Crippen MR) is 65.7 cm³/mol. The predicted octanol–water partition coefficient (Wildman–Crippen LogP) is 2.72. The van der Waals surface area contributed by atoms with Crippen LogP contribution in [-0.4, -0.2) is 19.9 Å². The fraction of sp³-hybridized carbons (Fsp3) is 0.111. The van der Waals surface area contributed by atoms with Gasteiger partial charge in [-0.25, -0.2) is 4.68 Å². The minimum Gasteiger partial charge on any atom is -0.258 e. The molecule has 1 aromatic carbocycles. The third-order valence-electron chi connectivity index (χ3n) is 2.07. The number of hydrogen-bond donors (Lipinski definition) is 0. The van der Waals surface area contributed by atoms with Crippen molar-refractivity contribution < 1.29 is 4.92 Å². The van der Waals surface area contributed by atoms with Crippen molar-refractivity contribution in [1.82, 2.24) is 15.0 Å². The van der Waals surface area contributed by atoms with Gasteiger partial charge in [-0.1, -0.05) is 38.8 Å². The summed E-state index contributed by atoms with van der Waals surface area (Å²) in [5, 5.41) is 19.3. The summed E-state index contributed by atoms with van der Waals surface area (Å²) < 4.78 is 1.30. The molecule has 0 N–H and O–H groups in total. The molecule has 0 aliphatic rings. The molecule has 0 atom stereocenters. The Labute approximate surface area is 109 Å². The number of benzene rings is 1. The fourth-order valence-corrected chi connectivity index (χ4v) is 1.86. The summed E-state index contributed by atoms with van der Waals surface area (Å²) in [6.07, 6.45) is 1.59. The number of alkyl halides is 1. The van der Waals surface area contributed by atoms with Gasteiger partial charge in [0.15, 0.2) is 5.69 Å². The molecule has 0 aliphatic carbocycles. The minimum absolute atomic E-state index is 0.108. The van der Waals surface area contributed by atoms with Crippen LogP contribution in [0.5, 0.6) is 0 Å². The first-order valence-corrected chi connectivity index (χ1v) is 6.04. The van der Waals surface area contributed by atoms with E-state index in [4.69, 9.17) is 11.6 Å². The second-order valence-corrected chi connectivity index (χ2v) is 4.12. The van der Waals surface area contributed by atoms with E-state index < -0.39 is 4.92 Å². The van der Waals surface area contributed by atoms with Gasteiger partial charge in [-0.05, 0) is 6.07 Å². The van der Waals surface area contributed by atoms with Gasteiger partial charge >= 0.3 is 0 Å². The third-order valence-corrected chi connectivity index (χ3v) is 2.95. The maximum Gasteiger partial charge on any atom is 0.296 e. The van der Waals surface area contributed by atoms with Crippen molar-refractivity contribution >= 4 is 33.2 Å². The molecule has 1 aromatic heterocycles. The van der Waals surface area contributed by atoms with E-state index in [0.717, 1.165) is 0 Å². The molecule has 2 rings (SSSR count). The summed E-state index contributed by atoms with van der Waals surface area (Å²) >= 11 is 9.18. The van der Waals surface area contributed by atoms with E-state index in [1.54, 1.807) is 12.3 Å². The van der Waals surface area contributed by atoms with E-state index in [1.807, 2.05) is 0 Å². The molecule has 6 nitrogen and oxygen atoms in total. The lowest BCUT2D eigenvalue weighted by atomic mass is 10.2. The molecular formula is C9H6BrClN4O2. The molecule has 0 saturated carbocycles. The maximum atomic E-state index is 10.9. The van der Waals surface area contributed by atoms with E-state index in [0.29, 0.717) is 11.0 Å². The SMILES string of the molecule is O=[N+]([O-])c1cccc(Cl)c1-n1cc(CBr)nn1. The van der Waals surface area contributed by atoms with Crippen molar-refractivity contribution in [2.75, 3.05) is 0 Å². The standard InChI is InChI=1S/C9H6BrClN4O2/c10-4-6-5-14(13-12-6)9-7(11)2-1-3-8(9)15(16)17/h1-3,5H,4H2. The van der Waals surface area contributed by atoms with Gasteiger partial charge in [-0.3, -0.25) is 10.1 Å². The first-order valence-electron chi connectivity index (χ1n) is 4.54. The zero-order valence-electron chi connectivity index (χ0n) is 8.38. The maximum absolute atomic E-state index is 10.9. The zero-order chi connectivity index (χ0) is 12.4. The Morgan fingerprint density at radius 2 is 2.29 bits per heavy atom. The van der Waals surface area contributed by atoms with Crippen LogP contribution in [0.2, 0.25) is 5.02 Å². The summed E-state index contributed by atoms with van der Waals surface area (Å²) in [4.78, 5) is 10.4. The summed E-state index contributed by atoms with van der Waals surface area (Å²) in [5.74, 6) is 0. The molecule has 0 aliphatic heterocycles. The van der Waals surface area contributed by atoms with Crippen LogP contribution in [-0.2, 0) is 5.33 Å². The lowest BCUT2D eigenvalue weighted by molar-refractivity contribution is -0.384. The number of aromatic nitrogens is 3. The van der Waals surface area contributed by atoms with Crippen molar-refractivity contribution in [3.8, 4) is 5.69 Å². The molecular weight excluding hydrogens is 311 g/mol. The molecule has 0 radical (unpaired) electrons. The van der Waals surface area contributed by atoms with E-state index in [9.17, 15) is 10.1 Å². The van der Waals surface area contributed by atoms with Crippen molar-refractivity contribution in [1.29, 1.82) is 0 Å². The van der Waals surface area contributed by atoms with Gasteiger partial charge in [0.1, 0.15) is 0 Å². The highest BCUT2D eigenvalue weighted by Crippen LogP contribution is 2.29. The molecule has 2 aromatic rings. The number of nitro benzene ring substituents is 1. The average Bonchev–Trinajstić information content (AvgIpc) is 2.76. The van der Waals surface area contributed by atoms with Crippen LogP contribution in [0.3, 0.4) is 0 Å². The van der Waals surface area contributed by atoms with Crippen molar-refractivity contribution in [3.63, 3.8) is 0 Å². The second kappa shape index (κ2) is 4.80. The Hall–Kier alpha value is -1.47. The van der Waals surface area contributed by atoms with E-state index in [1.165, 1.54) is 16.8 Å². The molecule has 8 heteroatoms. The van der Waals surface area contributed by atoms with Crippen molar-refractivity contribution in [3.05, 3.63) is 45.2 Å². The number of nitro groups is 1. The van der Waals surface area contributed by atoms with Gasteiger partial charge < -0.3 is 0 Å². The van der Waals surface area contributed by atoms with Gasteiger partial charge in [0.05, 0.1) is 21.8 Å². The van der Waals surface area contributed by atoms with Crippen LogP contribution in [0.25, 0.3) is 5.69 Å². The first-order chi connectivity index (χ1) is 8.13. The number of para-hydroxylation sites is 1. The third kappa shape index (κ3) is 2.29. The number of nitrogens with zero attached hydrogens (tertiary/aromatic N) is 4. The molecule has 0 bridgehead atoms. The monoisotopic (exact) mass is 316 g/mol. The quantitative estimate of drug-likeness (QED) is 0.495. The Balaban J connectivity index is 2.61. The number of halogens is 2. The molecule has 0 spiro atoms. The van der Waals surface area contributed by atoms with E-state index >= 15 is 0 Å². The summed E-state index contributed by atoms with van der Waals surface area (Å²) in [6, 6.07) is 4.46. The highest BCUT2D eigenvalue weighted by molar-refractivity contribution is 9.08. The fourth-order valence-electron chi connectivity index (χ4n) is 1.35. The van der Waals surface area contributed by atoms with Crippen molar-refractivity contribution in [2.45, 2.75) is 5.33 Å². The largest absolute Gasteiger partial charge is 0.296 e. The van der Waals surface area contributed by atoms with Crippen LogP contribution >= 0.6 is 27.5 Å². The highest BCUT2D eigenvalue weighted by Gasteiger charge is 2.19. The molecule has 0 amide bonds. The normalized spacial score (nSPS) is 10.5. The van der Waals surface area contributed by atoms with Gasteiger partial charge in [-0.2, -0.15) is 0 Å². The molecule has 88 valence electrons. The lowest BCUT2D eigenvalue weighted by Gasteiger charge is -2.03. The first kappa shape index (κ1) is 12.0. The van der Waals surface area contributed by atoms with Gasteiger partial charge in [0.2, 0.25) is 0 Å². The Bertz CT molecular complexity index is 572. The van der Waals surface area contributed by atoms with Crippen LogP contribution in [0, 0.1) is 10.1 Å². The Kier molecular flexibility index (Phi) is 3.39. The summed E-state index contributed by atoms with van der Waals surface area (Å²) in [7, 11) is 0. The van der Waals surface area contributed by atoms with Crippen LogP contribution in [0.4, 0.5) is 5.69 Å². The van der Waals surface area contributed by atoms with E-state index in [2.05, 4.69) is 26.2 Å². The summed E-state index contributed by atoms with van der Waals surface area (Å²) in [6.45, 7) is 0. The van der Waals surface area contributed by atoms with Crippen LogP contribution in [0.15, 0.2) is 24.4 Å². The zero-order valence-corrected chi connectivity index (χ0v) is 10.7. The molecule has 0 saturated heterocycles. The number of rotatable bonds is 3. The number of hydrogen-bond acceptors (Lipinski definition) is 4. The van der Waals surface area contributed by atoms with E-state index in [-0.39, 0.29) is 16.4 Å². The van der Waals surface area contributed by atoms with Crippen LogP contribution < -0.4 is 0 Å². The Morgan fingerprint density at radius 3 is 2.88 bits per heavy atom. The molecule has 17 heavy (non-hydrogen) atoms. The van der Waals surface area contributed by atoms with Gasteiger partial charge in [0, 0.05) is 11.4 Å². The topological polar surface area (TPSA) is 73.8 Å². The minimum atomic E-state index is -0.503. The van der Waals surface area contributed by atoms with Gasteiger partial charge in [-0.15, -0.1) is 5.10 Å². The Morgan fingerprint density at radius 1 is 1.53 bits per heavy atom. The second-order valence-electron chi connectivity index (χ2n) is 3.15. The van der Waals surface area contributed by atoms with Crippen LogP contribution in [0.1, 0.15) is 5.69 Å². The van der Waals surface area contributed by atoms with Crippen molar-refractivity contribution in [2.24, 2.45) is 0 Å². The highest BCUT2D eigenvalue weighted by atomic mass is 79.9. The average molecular weight is 318 g/mol. The smallest absolute Gasteiger partial charge is 0.258 e. The lowest BCUT2D eigenvalue weighted by Crippen LogP contribution is -2.01. The molecule has 1 heterocycles. The molecule has 0 fully saturated rings. The molecule has 0 unspecified atom stereocenters. The van der Waals surface area contributed by atoms with Gasteiger partial charge in [0.25, 0.3) is 5.69 Å². The summed E-state index contributed by atoms with van der Waals surface area (Å²) in [5.41, 5.74) is 0.779.